The van der Waals surface area contributed by atoms with Crippen LogP contribution >= 0.6 is 11.6 Å². The SMILES string of the molecule is Cc1nc(Nc2ccc(C)c(Cl)c2)c(N)[nH]1. The first-order valence-electron chi connectivity index (χ1n) is 4.91. The van der Waals surface area contributed by atoms with Crippen LogP contribution in [-0.4, -0.2) is 9.97 Å². The van der Waals surface area contributed by atoms with Crippen molar-refractivity contribution >= 4 is 28.9 Å². The number of anilines is 3. The molecule has 0 bridgehead atoms. The summed E-state index contributed by atoms with van der Waals surface area (Å²) in [5.74, 6) is 1.92. The van der Waals surface area contributed by atoms with Crippen molar-refractivity contribution in [1.82, 2.24) is 9.97 Å². The topological polar surface area (TPSA) is 66.7 Å². The zero-order chi connectivity index (χ0) is 11.7. The Morgan fingerprint density at radius 3 is 2.69 bits per heavy atom. The van der Waals surface area contributed by atoms with E-state index in [0.717, 1.165) is 22.1 Å². The van der Waals surface area contributed by atoms with E-state index >= 15 is 0 Å². The number of aryl methyl sites for hydroxylation is 2. The molecule has 0 aliphatic heterocycles. The van der Waals surface area contributed by atoms with Crippen molar-refractivity contribution in [3.63, 3.8) is 0 Å². The summed E-state index contributed by atoms with van der Waals surface area (Å²) in [6.45, 7) is 3.81. The van der Waals surface area contributed by atoms with Crippen molar-refractivity contribution in [2.45, 2.75) is 13.8 Å². The van der Waals surface area contributed by atoms with E-state index in [4.69, 9.17) is 17.3 Å². The van der Waals surface area contributed by atoms with Gasteiger partial charge in [-0.05, 0) is 31.5 Å². The summed E-state index contributed by atoms with van der Waals surface area (Å²) >= 11 is 6.03. The van der Waals surface area contributed by atoms with E-state index in [-0.39, 0.29) is 0 Å². The molecule has 0 saturated heterocycles. The first kappa shape index (κ1) is 10.8. The Bertz CT molecular complexity index is 519. The number of nitrogen functional groups attached to an aromatic ring is 1. The molecule has 2 aromatic rings. The lowest BCUT2D eigenvalue weighted by Crippen LogP contribution is -1.95. The standard InChI is InChI=1S/C11H13ClN4/c1-6-3-4-8(5-9(6)12)16-11-10(13)14-7(2)15-11/h3-5,16H,13H2,1-2H3,(H,14,15). The minimum Gasteiger partial charge on any atom is -0.382 e. The predicted molar refractivity (Wildman–Crippen MR) is 67.2 cm³/mol. The molecule has 16 heavy (non-hydrogen) atoms. The van der Waals surface area contributed by atoms with Gasteiger partial charge >= 0.3 is 0 Å². The van der Waals surface area contributed by atoms with Gasteiger partial charge in [0.1, 0.15) is 11.6 Å². The van der Waals surface area contributed by atoms with Crippen LogP contribution in [0.5, 0.6) is 0 Å². The molecule has 1 aromatic heterocycles. The Morgan fingerprint density at radius 2 is 2.12 bits per heavy atom. The summed E-state index contributed by atoms with van der Waals surface area (Å²) in [6.07, 6.45) is 0. The van der Waals surface area contributed by atoms with Crippen LogP contribution in [0.2, 0.25) is 5.02 Å². The second-order valence-corrected chi connectivity index (χ2v) is 4.08. The molecule has 0 atom stereocenters. The maximum absolute atomic E-state index is 6.03. The fourth-order valence-electron chi connectivity index (χ4n) is 1.41. The maximum Gasteiger partial charge on any atom is 0.173 e. The molecule has 0 aliphatic carbocycles. The number of imidazole rings is 1. The van der Waals surface area contributed by atoms with Crippen LogP contribution < -0.4 is 11.1 Å². The molecule has 0 fully saturated rings. The van der Waals surface area contributed by atoms with Crippen molar-refractivity contribution < 1.29 is 0 Å². The van der Waals surface area contributed by atoms with Crippen LogP contribution in [0.1, 0.15) is 11.4 Å². The lowest BCUT2D eigenvalue weighted by Gasteiger charge is -2.05. The van der Waals surface area contributed by atoms with Gasteiger partial charge in [0, 0.05) is 10.7 Å². The quantitative estimate of drug-likeness (QED) is 0.751. The lowest BCUT2D eigenvalue weighted by atomic mass is 10.2. The number of halogens is 1. The van der Waals surface area contributed by atoms with Gasteiger partial charge < -0.3 is 16.0 Å². The van der Waals surface area contributed by atoms with Gasteiger partial charge in [0.05, 0.1) is 0 Å². The van der Waals surface area contributed by atoms with Crippen molar-refractivity contribution in [3.05, 3.63) is 34.6 Å². The molecule has 0 spiro atoms. The molecule has 0 amide bonds. The largest absolute Gasteiger partial charge is 0.382 e. The van der Waals surface area contributed by atoms with Crippen LogP contribution in [0.15, 0.2) is 18.2 Å². The predicted octanol–water partition coefficient (Wildman–Crippen LogP) is 3.01. The zero-order valence-electron chi connectivity index (χ0n) is 9.13. The fraction of sp³-hybridized carbons (Fsp3) is 0.182. The number of hydrogen-bond donors (Lipinski definition) is 3. The van der Waals surface area contributed by atoms with Gasteiger partial charge in [-0.3, -0.25) is 0 Å². The molecule has 0 unspecified atom stereocenters. The normalized spacial score (nSPS) is 10.4. The lowest BCUT2D eigenvalue weighted by molar-refractivity contribution is 1.15. The minimum atomic E-state index is 0.522. The van der Waals surface area contributed by atoms with Gasteiger partial charge in [-0.1, -0.05) is 17.7 Å². The molecule has 0 saturated carbocycles. The molecule has 2 rings (SSSR count). The van der Waals surface area contributed by atoms with Crippen molar-refractivity contribution in [2.24, 2.45) is 0 Å². The van der Waals surface area contributed by atoms with Crippen molar-refractivity contribution in [3.8, 4) is 0 Å². The van der Waals surface area contributed by atoms with Gasteiger partial charge in [-0.25, -0.2) is 4.98 Å². The van der Waals surface area contributed by atoms with Gasteiger partial charge in [0.15, 0.2) is 5.82 Å². The molecule has 4 N–H and O–H groups in total. The third-order valence-corrected chi connectivity index (χ3v) is 2.69. The Labute approximate surface area is 98.8 Å². The van der Waals surface area contributed by atoms with Gasteiger partial charge in [0.2, 0.25) is 0 Å². The van der Waals surface area contributed by atoms with E-state index in [0.29, 0.717) is 11.6 Å². The summed E-state index contributed by atoms with van der Waals surface area (Å²) in [6, 6.07) is 5.73. The highest BCUT2D eigenvalue weighted by atomic mass is 35.5. The summed E-state index contributed by atoms with van der Waals surface area (Å²) < 4.78 is 0. The highest BCUT2D eigenvalue weighted by Crippen LogP contribution is 2.24. The molecule has 1 aromatic carbocycles. The first-order chi connectivity index (χ1) is 7.56. The molecule has 84 valence electrons. The van der Waals surface area contributed by atoms with E-state index in [1.54, 1.807) is 0 Å². The number of nitrogens with zero attached hydrogens (tertiary/aromatic N) is 1. The summed E-state index contributed by atoms with van der Waals surface area (Å²) in [5, 5.41) is 3.83. The zero-order valence-corrected chi connectivity index (χ0v) is 9.89. The third-order valence-electron chi connectivity index (χ3n) is 2.28. The number of nitrogens with two attached hydrogens (primary N) is 1. The molecule has 0 aliphatic rings. The van der Waals surface area contributed by atoms with Gasteiger partial charge in [-0.15, -0.1) is 0 Å². The van der Waals surface area contributed by atoms with Gasteiger partial charge in [0.25, 0.3) is 0 Å². The molecular formula is C11H13ClN4. The highest BCUT2D eigenvalue weighted by molar-refractivity contribution is 6.31. The Balaban J connectivity index is 2.27. The average Bonchev–Trinajstić information content (AvgIpc) is 2.51. The third kappa shape index (κ3) is 2.12. The summed E-state index contributed by atoms with van der Waals surface area (Å²) in [4.78, 5) is 7.15. The van der Waals surface area contributed by atoms with Crippen LogP contribution in [0, 0.1) is 13.8 Å². The van der Waals surface area contributed by atoms with E-state index < -0.39 is 0 Å². The number of hydrogen-bond acceptors (Lipinski definition) is 3. The van der Waals surface area contributed by atoms with Crippen LogP contribution in [-0.2, 0) is 0 Å². The summed E-state index contributed by atoms with van der Waals surface area (Å²) in [7, 11) is 0. The van der Waals surface area contributed by atoms with E-state index in [2.05, 4.69) is 15.3 Å². The monoisotopic (exact) mass is 236 g/mol. The molecule has 4 nitrogen and oxygen atoms in total. The van der Waals surface area contributed by atoms with E-state index in [1.807, 2.05) is 32.0 Å². The highest BCUT2D eigenvalue weighted by Gasteiger charge is 2.05. The first-order valence-corrected chi connectivity index (χ1v) is 5.29. The number of rotatable bonds is 2. The fourth-order valence-corrected chi connectivity index (χ4v) is 1.59. The Kier molecular flexibility index (Phi) is 2.75. The molecule has 5 heteroatoms. The maximum atomic E-state index is 6.03. The Morgan fingerprint density at radius 1 is 1.38 bits per heavy atom. The number of nitrogens with one attached hydrogen (secondary N) is 2. The van der Waals surface area contributed by atoms with Crippen LogP contribution in [0.25, 0.3) is 0 Å². The summed E-state index contributed by atoms with van der Waals surface area (Å²) in [5.41, 5.74) is 7.65. The number of aromatic nitrogens is 2. The van der Waals surface area contributed by atoms with Crippen molar-refractivity contribution in [2.75, 3.05) is 11.1 Å². The molecular weight excluding hydrogens is 224 g/mol. The smallest absolute Gasteiger partial charge is 0.173 e. The minimum absolute atomic E-state index is 0.522. The number of benzene rings is 1. The second kappa shape index (κ2) is 4.06. The van der Waals surface area contributed by atoms with E-state index in [9.17, 15) is 0 Å². The van der Waals surface area contributed by atoms with Crippen LogP contribution in [0.4, 0.5) is 17.3 Å². The van der Waals surface area contributed by atoms with Crippen molar-refractivity contribution in [1.29, 1.82) is 0 Å². The molecule has 1 heterocycles. The average molecular weight is 237 g/mol. The Hall–Kier alpha value is -1.68. The molecule has 0 radical (unpaired) electrons. The van der Waals surface area contributed by atoms with Gasteiger partial charge in [-0.2, -0.15) is 0 Å². The second-order valence-electron chi connectivity index (χ2n) is 3.67. The number of aromatic amines is 1. The van der Waals surface area contributed by atoms with E-state index in [1.165, 1.54) is 0 Å². The van der Waals surface area contributed by atoms with Crippen LogP contribution in [0.3, 0.4) is 0 Å². The number of H-pyrrole nitrogens is 1.